The minimum Gasteiger partial charge on any atom is -0.369 e. The summed E-state index contributed by atoms with van der Waals surface area (Å²) < 4.78 is 13.6. The molecule has 0 bridgehead atoms. The van der Waals surface area contributed by atoms with Crippen molar-refractivity contribution in [2.75, 3.05) is 51.1 Å². The number of thiophene rings is 1. The maximum atomic E-state index is 13.6. The van der Waals surface area contributed by atoms with Gasteiger partial charge in [0.2, 0.25) is 11.8 Å². The third-order valence-corrected chi connectivity index (χ3v) is 8.01. The maximum absolute atomic E-state index is 13.6. The molecule has 2 aliphatic rings. The van der Waals surface area contributed by atoms with E-state index in [-0.39, 0.29) is 16.8 Å². The predicted molar refractivity (Wildman–Crippen MR) is 142 cm³/mol. The van der Waals surface area contributed by atoms with E-state index in [0.29, 0.717) is 44.1 Å². The Labute approximate surface area is 222 Å². The molecule has 37 heavy (non-hydrogen) atoms. The Balaban J connectivity index is 1.22. The molecule has 0 spiro atoms. The van der Waals surface area contributed by atoms with Crippen LogP contribution in [0, 0.1) is 5.82 Å². The van der Waals surface area contributed by atoms with Gasteiger partial charge in [0.1, 0.15) is 22.8 Å². The van der Waals surface area contributed by atoms with Gasteiger partial charge < -0.3 is 16.0 Å². The van der Waals surface area contributed by atoms with Crippen molar-refractivity contribution in [1.29, 1.82) is 0 Å². The lowest BCUT2D eigenvalue weighted by Gasteiger charge is -2.33. The van der Waals surface area contributed by atoms with E-state index in [4.69, 9.17) is 17.3 Å². The summed E-state index contributed by atoms with van der Waals surface area (Å²) in [6, 6.07) is 4.45. The molecule has 2 aromatic heterocycles. The van der Waals surface area contributed by atoms with E-state index in [1.165, 1.54) is 18.5 Å². The van der Waals surface area contributed by atoms with E-state index < -0.39 is 5.82 Å². The van der Waals surface area contributed by atoms with Crippen LogP contribution in [-0.2, 0) is 22.6 Å². The summed E-state index contributed by atoms with van der Waals surface area (Å²) in [5.41, 5.74) is 7.04. The van der Waals surface area contributed by atoms with Crippen LogP contribution in [0.25, 0.3) is 10.2 Å². The number of piperazine rings is 1. The van der Waals surface area contributed by atoms with Crippen LogP contribution in [-0.4, -0.2) is 82.3 Å². The highest BCUT2D eigenvalue weighted by Gasteiger charge is 2.26. The monoisotopic (exact) mass is 543 g/mol. The minimum absolute atomic E-state index is 0.0131. The molecule has 12 heteroatoms. The van der Waals surface area contributed by atoms with Crippen molar-refractivity contribution in [3.8, 4) is 0 Å². The fourth-order valence-corrected chi connectivity index (χ4v) is 6.06. The molecule has 194 valence electrons. The lowest BCUT2D eigenvalue weighted by molar-refractivity contribution is -0.126. The number of nitrogens with one attached hydrogen (secondary N) is 1. The molecular weight excluding hydrogens is 517 g/mol. The highest BCUT2D eigenvalue weighted by atomic mass is 35.5. The van der Waals surface area contributed by atoms with Gasteiger partial charge in [-0.05, 0) is 30.2 Å². The van der Waals surface area contributed by atoms with Crippen LogP contribution in [0.15, 0.2) is 36.7 Å². The summed E-state index contributed by atoms with van der Waals surface area (Å²) in [5, 5.41) is 4.21. The predicted octanol–water partition coefficient (Wildman–Crippen LogP) is 2.77. The zero-order chi connectivity index (χ0) is 25.9. The highest BCUT2D eigenvalue weighted by Crippen LogP contribution is 2.38. The maximum Gasteiger partial charge on any atom is 0.246 e. The van der Waals surface area contributed by atoms with Crippen LogP contribution in [0.2, 0.25) is 5.02 Å². The molecule has 0 saturated carbocycles. The summed E-state index contributed by atoms with van der Waals surface area (Å²) in [6.45, 7) is 5.36. The highest BCUT2D eigenvalue weighted by molar-refractivity contribution is 7.19. The summed E-state index contributed by atoms with van der Waals surface area (Å²) in [5.74, 6) is -0.157. The zero-order valence-electron chi connectivity index (χ0n) is 20.1. The number of hydrogen-bond acceptors (Lipinski definition) is 8. The molecule has 1 saturated heterocycles. The van der Waals surface area contributed by atoms with Gasteiger partial charge >= 0.3 is 0 Å². The van der Waals surface area contributed by atoms with Crippen LogP contribution < -0.4 is 11.1 Å². The number of rotatable bonds is 7. The summed E-state index contributed by atoms with van der Waals surface area (Å²) in [7, 11) is 0. The van der Waals surface area contributed by atoms with Crippen molar-refractivity contribution in [2.45, 2.75) is 13.0 Å². The fraction of sp³-hybridized carbons (Fsp3) is 0.360. The van der Waals surface area contributed by atoms with E-state index in [0.717, 1.165) is 46.8 Å². The first-order valence-corrected chi connectivity index (χ1v) is 13.2. The molecule has 9 nitrogen and oxygen atoms in total. The van der Waals surface area contributed by atoms with E-state index >= 15 is 0 Å². The van der Waals surface area contributed by atoms with Gasteiger partial charge in [-0.3, -0.25) is 19.4 Å². The molecule has 5 rings (SSSR count). The fourth-order valence-electron chi connectivity index (χ4n) is 4.68. The van der Waals surface area contributed by atoms with Crippen LogP contribution in [0.3, 0.4) is 0 Å². The topological polar surface area (TPSA) is 108 Å². The third kappa shape index (κ3) is 5.90. The Bertz CT molecular complexity index is 1360. The molecule has 3 aromatic rings. The van der Waals surface area contributed by atoms with Gasteiger partial charge in [-0.15, -0.1) is 11.3 Å². The number of nitrogens with two attached hydrogens (primary N) is 1. The standard InChI is InChI=1S/C25H27ClFN7O2S/c26-18-12-16(3-4-19(18)27)31-24-23-17-5-7-34(13-20(17)37-25(23)30-15-29-24)22(36)2-1-6-32-8-10-33(11-9-32)14-21(28)35/h1-4,12,15H,5-11,13-14H2,(H2,28,35)(H,29,30,31). The Morgan fingerprint density at radius 1 is 1.16 bits per heavy atom. The second-order valence-corrected chi connectivity index (χ2v) is 10.6. The number of halogens is 2. The molecule has 3 N–H and O–H groups in total. The average Bonchev–Trinajstić information content (AvgIpc) is 3.26. The molecule has 1 fully saturated rings. The van der Waals surface area contributed by atoms with Crippen molar-refractivity contribution < 1.29 is 14.0 Å². The van der Waals surface area contributed by atoms with Crippen molar-refractivity contribution in [2.24, 2.45) is 5.73 Å². The van der Waals surface area contributed by atoms with Gasteiger partial charge in [0.15, 0.2) is 0 Å². The van der Waals surface area contributed by atoms with Gasteiger partial charge in [-0.2, -0.15) is 0 Å². The Hall–Kier alpha value is -3.12. The average molecular weight is 544 g/mol. The first-order valence-electron chi connectivity index (χ1n) is 12.0. The van der Waals surface area contributed by atoms with E-state index in [9.17, 15) is 14.0 Å². The van der Waals surface area contributed by atoms with Crippen LogP contribution in [0.4, 0.5) is 15.9 Å². The summed E-state index contributed by atoms with van der Waals surface area (Å²) >= 11 is 7.49. The number of benzene rings is 1. The van der Waals surface area contributed by atoms with Gasteiger partial charge in [0, 0.05) is 55.9 Å². The van der Waals surface area contributed by atoms with Crippen LogP contribution in [0.5, 0.6) is 0 Å². The molecule has 2 aliphatic heterocycles. The molecule has 2 amide bonds. The van der Waals surface area contributed by atoms with Crippen LogP contribution >= 0.6 is 22.9 Å². The smallest absolute Gasteiger partial charge is 0.246 e. The number of nitrogens with zero attached hydrogens (tertiary/aromatic N) is 5. The number of carbonyl (C=O) groups is 2. The van der Waals surface area contributed by atoms with Crippen LogP contribution in [0.1, 0.15) is 10.4 Å². The van der Waals surface area contributed by atoms with Gasteiger partial charge in [0.25, 0.3) is 0 Å². The summed E-state index contributed by atoms with van der Waals surface area (Å²) in [4.78, 5) is 40.9. The van der Waals surface area contributed by atoms with Crippen molar-refractivity contribution in [1.82, 2.24) is 24.7 Å². The quantitative estimate of drug-likeness (QED) is 0.441. The number of carbonyl (C=O) groups excluding carboxylic acids is 2. The first-order chi connectivity index (χ1) is 17.9. The molecule has 0 radical (unpaired) electrons. The lowest BCUT2D eigenvalue weighted by atomic mass is 10.0. The zero-order valence-corrected chi connectivity index (χ0v) is 21.7. The van der Waals surface area contributed by atoms with Gasteiger partial charge in [-0.25, -0.2) is 14.4 Å². The SMILES string of the molecule is NC(=O)CN1CCN(CC=CC(=O)N2CCc3c(sc4ncnc(Nc5ccc(F)c(Cl)c5)c34)C2)CC1. The second-order valence-electron chi connectivity index (χ2n) is 9.12. The van der Waals surface area contributed by atoms with Crippen molar-refractivity contribution in [3.05, 3.63) is 58.0 Å². The van der Waals surface area contributed by atoms with Gasteiger partial charge in [-0.1, -0.05) is 17.7 Å². The van der Waals surface area contributed by atoms with E-state index in [1.54, 1.807) is 23.5 Å². The largest absolute Gasteiger partial charge is 0.369 e. The number of fused-ring (bicyclic) bond motifs is 3. The van der Waals surface area contributed by atoms with Gasteiger partial charge in [0.05, 0.1) is 23.5 Å². The van der Waals surface area contributed by atoms with E-state index in [2.05, 4.69) is 20.2 Å². The molecular formula is C25H27ClFN7O2S. The molecule has 0 aliphatic carbocycles. The Kier molecular flexibility index (Phi) is 7.65. The first kappa shape index (κ1) is 25.5. The minimum atomic E-state index is -0.477. The molecule has 4 heterocycles. The number of aromatic nitrogens is 2. The van der Waals surface area contributed by atoms with Crippen molar-refractivity contribution >= 4 is 56.5 Å². The van der Waals surface area contributed by atoms with Crippen molar-refractivity contribution in [3.63, 3.8) is 0 Å². The summed E-state index contributed by atoms with van der Waals surface area (Å²) in [6.07, 6.45) is 5.76. The Morgan fingerprint density at radius 3 is 2.70 bits per heavy atom. The molecule has 0 unspecified atom stereocenters. The Morgan fingerprint density at radius 2 is 1.95 bits per heavy atom. The molecule has 0 atom stereocenters. The normalized spacial score (nSPS) is 16.9. The number of amides is 2. The molecule has 1 aromatic carbocycles. The number of anilines is 2. The number of hydrogen-bond donors (Lipinski definition) is 2. The second kappa shape index (κ2) is 11.1. The van der Waals surface area contributed by atoms with E-state index in [1.807, 2.05) is 15.9 Å². The number of primary amides is 1. The lowest BCUT2D eigenvalue weighted by Crippen LogP contribution is -2.48. The third-order valence-electron chi connectivity index (χ3n) is 6.60.